The Kier molecular flexibility index (Phi) is 4.53. The minimum absolute atomic E-state index is 0.176. The van der Waals surface area contributed by atoms with Crippen LogP contribution in [0.3, 0.4) is 0 Å². The average Bonchev–Trinajstić information content (AvgIpc) is 2.69. The summed E-state index contributed by atoms with van der Waals surface area (Å²) in [6.45, 7) is 0. The molecule has 0 aliphatic rings. The molecule has 4 heteroatoms. The second-order valence-corrected chi connectivity index (χ2v) is 6.63. The third-order valence-electron chi connectivity index (χ3n) is 4.35. The van der Waals surface area contributed by atoms with Gasteiger partial charge in [0.2, 0.25) is 0 Å². The number of para-hydroxylation sites is 1. The number of halogens is 1. The Bertz CT molecular complexity index is 1030. The summed E-state index contributed by atoms with van der Waals surface area (Å²) in [6.07, 6.45) is 0. The topological polar surface area (TPSA) is 53.4 Å². The molecule has 3 aromatic carbocycles. The number of aromatic hydroxyl groups is 2. The highest BCUT2D eigenvalue weighted by Gasteiger charge is 2.11. The molecule has 0 atom stereocenters. The van der Waals surface area contributed by atoms with E-state index in [1.807, 2.05) is 60.7 Å². The largest absolute Gasteiger partial charge is 0.508 e. The maximum absolute atomic E-state index is 10.3. The third-order valence-corrected chi connectivity index (χ3v) is 4.60. The first-order valence-corrected chi connectivity index (χ1v) is 8.84. The van der Waals surface area contributed by atoms with Crippen molar-refractivity contribution in [1.82, 2.24) is 4.98 Å². The predicted molar refractivity (Wildman–Crippen MR) is 109 cm³/mol. The molecule has 1 aromatic heterocycles. The summed E-state index contributed by atoms with van der Waals surface area (Å²) in [5.74, 6) is 0.378. The van der Waals surface area contributed by atoms with Crippen LogP contribution in [0.1, 0.15) is 0 Å². The second-order valence-electron chi connectivity index (χ2n) is 6.20. The van der Waals surface area contributed by atoms with Crippen molar-refractivity contribution in [2.45, 2.75) is 0 Å². The molecule has 132 valence electrons. The van der Waals surface area contributed by atoms with Crippen molar-refractivity contribution in [2.75, 3.05) is 0 Å². The Balaban J connectivity index is 1.92. The average molecular weight is 374 g/mol. The molecule has 0 saturated carbocycles. The third kappa shape index (κ3) is 3.64. The van der Waals surface area contributed by atoms with Gasteiger partial charge in [0, 0.05) is 16.1 Å². The van der Waals surface area contributed by atoms with Crippen LogP contribution >= 0.6 is 11.6 Å². The fourth-order valence-electron chi connectivity index (χ4n) is 2.95. The van der Waals surface area contributed by atoms with Crippen molar-refractivity contribution in [3.8, 4) is 45.1 Å². The minimum atomic E-state index is 0.176. The standard InChI is InChI=1S/C23H16ClNO2/c24-18-9-5-15(6-10-18)17-13-21(16-7-11-19(26)12-8-16)25-22(14-17)20-3-1-2-4-23(20)27/h1-14,26-27H. The summed E-state index contributed by atoms with van der Waals surface area (Å²) in [4.78, 5) is 4.74. The second kappa shape index (κ2) is 7.14. The van der Waals surface area contributed by atoms with Crippen molar-refractivity contribution in [1.29, 1.82) is 0 Å². The van der Waals surface area contributed by atoms with Crippen LogP contribution in [0.4, 0.5) is 0 Å². The summed E-state index contributed by atoms with van der Waals surface area (Å²) in [7, 11) is 0. The quantitative estimate of drug-likeness (QED) is 0.453. The van der Waals surface area contributed by atoms with Gasteiger partial charge in [-0.05, 0) is 71.8 Å². The van der Waals surface area contributed by atoms with E-state index in [4.69, 9.17) is 16.6 Å². The van der Waals surface area contributed by atoms with Gasteiger partial charge >= 0.3 is 0 Å². The number of phenols is 2. The highest BCUT2D eigenvalue weighted by molar-refractivity contribution is 6.30. The molecule has 0 aliphatic carbocycles. The van der Waals surface area contributed by atoms with Crippen molar-refractivity contribution in [2.24, 2.45) is 0 Å². The van der Waals surface area contributed by atoms with Crippen LogP contribution in [0.25, 0.3) is 33.6 Å². The van der Waals surface area contributed by atoms with E-state index in [0.29, 0.717) is 16.3 Å². The zero-order chi connectivity index (χ0) is 18.8. The van der Waals surface area contributed by atoms with Crippen LogP contribution in [0.5, 0.6) is 11.5 Å². The van der Waals surface area contributed by atoms with E-state index in [0.717, 1.165) is 22.4 Å². The number of pyridine rings is 1. The van der Waals surface area contributed by atoms with Gasteiger partial charge in [-0.3, -0.25) is 0 Å². The van der Waals surface area contributed by atoms with Crippen molar-refractivity contribution in [3.63, 3.8) is 0 Å². The lowest BCUT2D eigenvalue weighted by Crippen LogP contribution is -1.91. The first kappa shape index (κ1) is 17.1. The highest BCUT2D eigenvalue weighted by atomic mass is 35.5. The number of hydrogen-bond acceptors (Lipinski definition) is 3. The van der Waals surface area contributed by atoms with Gasteiger partial charge < -0.3 is 10.2 Å². The van der Waals surface area contributed by atoms with E-state index in [1.54, 1.807) is 24.3 Å². The fraction of sp³-hybridized carbons (Fsp3) is 0. The Morgan fingerprint density at radius 2 is 1.26 bits per heavy atom. The number of aromatic nitrogens is 1. The fourth-order valence-corrected chi connectivity index (χ4v) is 3.07. The lowest BCUT2D eigenvalue weighted by atomic mass is 9.99. The Labute approximate surface area is 162 Å². The minimum Gasteiger partial charge on any atom is -0.508 e. The van der Waals surface area contributed by atoms with E-state index < -0.39 is 0 Å². The molecule has 0 aliphatic heterocycles. The van der Waals surface area contributed by atoms with E-state index >= 15 is 0 Å². The smallest absolute Gasteiger partial charge is 0.124 e. The maximum atomic E-state index is 10.3. The summed E-state index contributed by atoms with van der Waals surface area (Å²) < 4.78 is 0. The lowest BCUT2D eigenvalue weighted by Gasteiger charge is -2.11. The van der Waals surface area contributed by atoms with Crippen LogP contribution in [-0.2, 0) is 0 Å². The van der Waals surface area contributed by atoms with Gasteiger partial charge in [-0.1, -0.05) is 35.9 Å². The molecule has 0 radical (unpaired) electrons. The zero-order valence-corrected chi connectivity index (χ0v) is 15.1. The number of hydrogen-bond donors (Lipinski definition) is 2. The molecular formula is C23H16ClNO2. The van der Waals surface area contributed by atoms with Crippen LogP contribution in [0.15, 0.2) is 84.9 Å². The van der Waals surface area contributed by atoms with E-state index in [2.05, 4.69) is 0 Å². The monoisotopic (exact) mass is 373 g/mol. The normalized spacial score (nSPS) is 10.7. The number of phenolic OH excluding ortho intramolecular Hbond substituents is 2. The number of benzene rings is 3. The van der Waals surface area contributed by atoms with Crippen LogP contribution in [-0.4, -0.2) is 15.2 Å². The zero-order valence-electron chi connectivity index (χ0n) is 14.3. The predicted octanol–water partition coefficient (Wildman–Crippen LogP) is 6.15. The molecule has 0 bridgehead atoms. The van der Waals surface area contributed by atoms with Crippen LogP contribution in [0.2, 0.25) is 5.02 Å². The Morgan fingerprint density at radius 3 is 1.96 bits per heavy atom. The summed E-state index contributed by atoms with van der Waals surface area (Å²) in [6, 6.07) is 25.5. The summed E-state index contributed by atoms with van der Waals surface area (Å²) in [5.41, 5.74) is 4.92. The SMILES string of the molecule is Oc1ccc(-c2cc(-c3ccc(Cl)cc3)cc(-c3ccccc3O)n2)cc1. The molecule has 0 saturated heterocycles. The lowest BCUT2D eigenvalue weighted by molar-refractivity contribution is 0.475. The highest BCUT2D eigenvalue weighted by Crippen LogP contribution is 2.34. The first-order chi connectivity index (χ1) is 13.1. The molecule has 4 aromatic rings. The number of rotatable bonds is 3. The van der Waals surface area contributed by atoms with Crippen LogP contribution in [0, 0.1) is 0 Å². The van der Waals surface area contributed by atoms with Gasteiger partial charge in [-0.2, -0.15) is 0 Å². The molecule has 3 nitrogen and oxygen atoms in total. The molecule has 1 heterocycles. The molecular weight excluding hydrogens is 358 g/mol. The van der Waals surface area contributed by atoms with E-state index in [1.165, 1.54) is 0 Å². The molecule has 0 unspecified atom stereocenters. The van der Waals surface area contributed by atoms with Crippen molar-refractivity contribution in [3.05, 3.63) is 90.0 Å². The van der Waals surface area contributed by atoms with Gasteiger partial charge in [0.1, 0.15) is 11.5 Å². The summed E-state index contributed by atoms with van der Waals surface area (Å²) in [5, 5.41) is 20.5. The molecule has 0 fully saturated rings. The molecule has 0 spiro atoms. The van der Waals surface area contributed by atoms with Gasteiger partial charge in [0.05, 0.1) is 11.4 Å². The Morgan fingerprint density at radius 1 is 0.630 bits per heavy atom. The van der Waals surface area contributed by atoms with Crippen molar-refractivity contribution >= 4 is 11.6 Å². The van der Waals surface area contributed by atoms with Crippen molar-refractivity contribution < 1.29 is 10.2 Å². The molecule has 2 N–H and O–H groups in total. The molecule has 0 amide bonds. The summed E-state index contributed by atoms with van der Waals surface area (Å²) >= 11 is 6.02. The Hall–Kier alpha value is -3.30. The molecule has 4 rings (SSSR count). The van der Waals surface area contributed by atoms with E-state index in [-0.39, 0.29) is 11.5 Å². The van der Waals surface area contributed by atoms with Gasteiger partial charge in [0.15, 0.2) is 0 Å². The van der Waals surface area contributed by atoms with Crippen LogP contribution < -0.4 is 0 Å². The van der Waals surface area contributed by atoms with Gasteiger partial charge in [-0.25, -0.2) is 4.98 Å². The maximum Gasteiger partial charge on any atom is 0.124 e. The van der Waals surface area contributed by atoms with Gasteiger partial charge in [-0.15, -0.1) is 0 Å². The number of nitrogens with zero attached hydrogens (tertiary/aromatic N) is 1. The van der Waals surface area contributed by atoms with Gasteiger partial charge in [0.25, 0.3) is 0 Å². The first-order valence-electron chi connectivity index (χ1n) is 8.46. The molecule has 27 heavy (non-hydrogen) atoms. The van der Waals surface area contributed by atoms with E-state index in [9.17, 15) is 10.2 Å².